The number of amides is 1. The second-order valence-corrected chi connectivity index (χ2v) is 6.74. The molecule has 0 aromatic carbocycles. The molecular weight excluding hydrogens is 317 g/mol. The van der Waals surface area contributed by atoms with E-state index in [2.05, 4.69) is 0 Å². The Labute approximate surface area is 126 Å². The highest BCUT2D eigenvalue weighted by Crippen LogP contribution is 2.23. The van der Waals surface area contributed by atoms with E-state index in [0.717, 1.165) is 0 Å². The summed E-state index contributed by atoms with van der Waals surface area (Å²) < 4.78 is 35.1. The molecule has 22 heavy (non-hydrogen) atoms. The van der Waals surface area contributed by atoms with Crippen LogP contribution in [0.5, 0.6) is 0 Å². The van der Waals surface area contributed by atoms with Crippen LogP contribution in [-0.2, 0) is 17.3 Å². The Balaban J connectivity index is 2.03. The van der Waals surface area contributed by atoms with Crippen LogP contribution in [0.25, 0.3) is 0 Å². The molecule has 0 aliphatic carbocycles. The second kappa shape index (κ2) is 6.03. The number of halogens is 1. The molecule has 2 heterocycles. The molecule has 1 amide bonds. The topological polar surface area (TPSA) is 103 Å². The van der Waals surface area contributed by atoms with Gasteiger partial charge >= 0.3 is 16.0 Å². The van der Waals surface area contributed by atoms with Gasteiger partial charge in [-0.25, -0.2) is 4.57 Å². The molecule has 1 aromatic heterocycles. The van der Waals surface area contributed by atoms with Gasteiger partial charge in [-0.15, -0.1) is 3.89 Å². The molecule has 0 bridgehead atoms. The molecule has 0 atom stereocenters. The maximum atomic E-state index is 12.7. The van der Waals surface area contributed by atoms with Crippen molar-refractivity contribution in [2.75, 3.05) is 18.8 Å². The molecule has 8 nitrogen and oxygen atoms in total. The molecule has 1 aliphatic heterocycles. The van der Waals surface area contributed by atoms with E-state index in [1.807, 2.05) is 0 Å². The number of carbonyl (C=O) groups excluding carboxylic acids is 1. The van der Waals surface area contributed by atoms with Crippen molar-refractivity contribution in [3.05, 3.63) is 27.9 Å². The quantitative estimate of drug-likeness (QED) is 0.466. The van der Waals surface area contributed by atoms with Crippen LogP contribution in [0.15, 0.2) is 12.1 Å². The third-order valence-corrected chi connectivity index (χ3v) is 4.71. The first-order valence-corrected chi connectivity index (χ1v) is 8.26. The summed E-state index contributed by atoms with van der Waals surface area (Å²) in [7, 11) is -3.07. The lowest BCUT2D eigenvalue weighted by Crippen LogP contribution is -2.40. The zero-order valence-electron chi connectivity index (χ0n) is 11.9. The van der Waals surface area contributed by atoms with Crippen molar-refractivity contribution in [2.45, 2.75) is 12.8 Å². The number of hydrogen-bond donors (Lipinski definition) is 0. The fourth-order valence-corrected chi connectivity index (χ4v) is 3.54. The van der Waals surface area contributed by atoms with Crippen molar-refractivity contribution in [1.82, 2.24) is 9.47 Å². The van der Waals surface area contributed by atoms with Crippen molar-refractivity contribution in [3.8, 4) is 0 Å². The van der Waals surface area contributed by atoms with E-state index in [1.54, 1.807) is 0 Å². The predicted octanol–water partition coefficient (Wildman–Crippen LogP) is 1.08. The summed E-state index contributed by atoms with van der Waals surface area (Å²) in [6.45, 7) is 0.607. The Morgan fingerprint density at radius 1 is 1.41 bits per heavy atom. The van der Waals surface area contributed by atoms with Crippen LogP contribution in [0, 0.1) is 16.0 Å². The van der Waals surface area contributed by atoms with Gasteiger partial charge in [0, 0.05) is 19.2 Å². The minimum absolute atomic E-state index is 0.179. The molecule has 0 N–H and O–H groups in total. The molecule has 0 unspecified atom stereocenters. The van der Waals surface area contributed by atoms with E-state index in [-0.39, 0.29) is 23.3 Å². The summed E-state index contributed by atoms with van der Waals surface area (Å²) in [5.74, 6) is -1.36. The molecule has 1 aromatic rings. The average Bonchev–Trinajstić information content (AvgIpc) is 2.79. The molecule has 122 valence electrons. The van der Waals surface area contributed by atoms with Gasteiger partial charge in [0.2, 0.25) is 0 Å². The van der Waals surface area contributed by atoms with Gasteiger partial charge in [0.25, 0.3) is 5.91 Å². The highest BCUT2D eigenvalue weighted by Gasteiger charge is 2.30. The average molecular weight is 333 g/mol. The van der Waals surface area contributed by atoms with Crippen LogP contribution in [0.1, 0.15) is 23.3 Å². The molecular formula is C12H16FN3O5S. The van der Waals surface area contributed by atoms with E-state index in [1.165, 1.54) is 28.6 Å². The number of piperidine rings is 1. The lowest BCUT2D eigenvalue weighted by atomic mass is 9.99. The molecule has 2 rings (SSSR count). The van der Waals surface area contributed by atoms with E-state index in [0.29, 0.717) is 25.9 Å². The summed E-state index contributed by atoms with van der Waals surface area (Å²) in [6.07, 6.45) is 0.781. The zero-order valence-corrected chi connectivity index (χ0v) is 12.8. The highest BCUT2D eigenvalue weighted by molar-refractivity contribution is 7.86. The van der Waals surface area contributed by atoms with E-state index in [4.69, 9.17) is 0 Å². The van der Waals surface area contributed by atoms with Crippen LogP contribution in [0.3, 0.4) is 0 Å². The van der Waals surface area contributed by atoms with Crippen molar-refractivity contribution < 1.29 is 22.0 Å². The minimum atomic E-state index is -4.51. The van der Waals surface area contributed by atoms with E-state index < -0.39 is 20.9 Å². The van der Waals surface area contributed by atoms with Crippen LogP contribution in [0.2, 0.25) is 0 Å². The summed E-state index contributed by atoms with van der Waals surface area (Å²) in [5.41, 5.74) is 0.197. The molecule has 1 aliphatic rings. The lowest BCUT2D eigenvalue weighted by Gasteiger charge is -2.30. The van der Waals surface area contributed by atoms with Gasteiger partial charge in [-0.1, -0.05) is 0 Å². The standard InChI is InChI=1S/C12H16FN3O5S/c1-14-10(2-3-11(14)16(18)19)12(17)15-6-4-9(5-7-15)8-22(13,20)21/h2-3,9H,4-8H2,1H3. The Hall–Kier alpha value is -1.97. The predicted molar refractivity (Wildman–Crippen MR) is 75.6 cm³/mol. The van der Waals surface area contributed by atoms with Crippen molar-refractivity contribution in [2.24, 2.45) is 13.0 Å². The van der Waals surface area contributed by atoms with Gasteiger partial charge in [-0.3, -0.25) is 4.79 Å². The Morgan fingerprint density at radius 2 is 2.00 bits per heavy atom. The third-order valence-electron chi connectivity index (χ3n) is 3.84. The monoisotopic (exact) mass is 333 g/mol. The SMILES string of the molecule is Cn1c(C(=O)N2CCC(CS(=O)(=O)F)CC2)ccc1[N+](=O)[O-]. The van der Waals surface area contributed by atoms with Crippen molar-refractivity contribution in [3.63, 3.8) is 0 Å². The normalized spacial score (nSPS) is 16.7. The van der Waals surface area contributed by atoms with Crippen LogP contribution >= 0.6 is 0 Å². The zero-order chi connectivity index (χ0) is 16.5. The first kappa shape index (κ1) is 16.4. The van der Waals surface area contributed by atoms with E-state index >= 15 is 0 Å². The summed E-state index contributed by atoms with van der Waals surface area (Å²) in [5, 5.41) is 10.8. The van der Waals surface area contributed by atoms with Gasteiger partial charge in [0.15, 0.2) is 5.69 Å². The molecule has 0 saturated carbocycles. The molecule has 1 fully saturated rings. The van der Waals surface area contributed by atoms with Crippen LogP contribution in [0.4, 0.5) is 9.70 Å². The van der Waals surface area contributed by atoms with Gasteiger partial charge in [-0.2, -0.15) is 8.42 Å². The minimum Gasteiger partial charge on any atom is -0.358 e. The van der Waals surface area contributed by atoms with Gasteiger partial charge in [0.05, 0.1) is 12.8 Å². The maximum absolute atomic E-state index is 12.7. The number of nitro groups is 1. The van der Waals surface area contributed by atoms with Gasteiger partial charge in [-0.05, 0) is 29.7 Å². The summed E-state index contributed by atoms with van der Waals surface area (Å²) in [4.78, 5) is 24.0. The largest absolute Gasteiger partial charge is 0.358 e. The fourth-order valence-electron chi connectivity index (χ4n) is 2.64. The van der Waals surface area contributed by atoms with Crippen molar-refractivity contribution in [1.29, 1.82) is 0 Å². The third kappa shape index (κ3) is 3.62. The smallest absolute Gasteiger partial charge is 0.323 e. The number of hydrogen-bond acceptors (Lipinski definition) is 5. The molecule has 0 spiro atoms. The number of carbonyl (C=O) groups is 1. The number of nitrogens with zero attached hydrogens (tertiary/aromatic N) is 3. The first-order chi connectivity index (χ1) is 10.2. The van der Waals surface area contributed by atoms with Gasteiger partial charge < -0.3 is 15.0 Å². The Morgan fingerprint density at radius 3 is 2.45 bits per heavy atom. The number of aromatic nitrogens is 1. The second-order valence-electron chi connectivity index (χ2n) is 5.33. The van der Waals surface area contributed by atoms with E-state index in [9.17, 15) is 27.2 Å². The summed E-state index contributed by atoms with van der Waals surface area (Å²) in [6, 6.07) is 2.65. The van der Waals surface area contributed by atoms with Crippen molar-refractivity contribution >= 4 is 21.9 Å². The Bertz CT molecular complexity index is 692. The molecule has 10 heteroatoms. The first-order valence-electron chi connectivity index (χ1n) is 6.71. The lowest BCUT2D eigenvalue weighted by molar-refractivity contribution is -0.391. The fraction of sp³-hybridized carbons (Fsp3) is 0.583. The summed E-state index contributed by atoms with van der Waals surface area (Å²) >= 11 is 0. The van der Waals surface area contributed by atoms with Gasteiger partial charge in [0.1, 0.15) is 0 Å². The van der Waals surface area contributed by atoms with Crippen LogP contribution in [-0.4, -0.2) is 47.6 Å². The molecule has 1 saturated heterocycles. The maximum Gasteiger partial charge on any atom is 0.323 e. The number of rotatable bonds is 4. The number of likely N-dealkylation sites (tertiary alicyclic amines) is 1. The Kier molecular flexibility index (Phi) is 4.50. The van der Waals surface area contributed by atoms with Crippen LogP contribution < -0.4 is 0 Å². The molecule has 0 radical (unpaired) electrons. The highest BCUT2D eigenvalue weighted by atomic mass is 32.3.